The molecule has 1 aliphatic heterocycles. The van der Waals surface area contributed by atoms with Crippen molar-refractivity contribution in [3.63, 3.8) is 0 Å². The molecule has 1 fully saturated rings. The summed E-state index contributed by atoms with van der Waals surface area (Å²) in [4.78, 5) is 27.5. The number of aliphatic hydroxyl groups excluding tert-OH is 1. The summed E-state index contributed by atoms with van der Waals surface area (Å²) in [7, 11) is 0. The largest absolute Gasteiger partial charge is 0.507 e. The lowest BCUT2D eigenvalue weighted by atomic mass is 9.94. The van der Waals surface area contributed by atoms with E-state index in [0.717, 1.165) is 12.0 Å². The van der Waals surface area contributed by atoms with Gasteiger partial charge in [-0.2, -0.15) is 0 Å². The van der Waals surface area contributed by atoms with Crippen LogP contribution in [0.3, 0.4) is 0 Å². The van der Waals surface area contributed by atoms with Gasteiger partial charge in [0.25, 0.3) is 11.7 Å². The van der Waals surface area contributed by atoms with Gasteiger partial charge in [-0.05, 0) is 36.6 Å². The van der Waals surface area contributed by atoms with Crippen LogP contribution in [0.5, 0.6) is 5.75 Å². The van der Waals surface area contributed by atoms with Crippen molar-refractivity contribution in [2.45, 2.75) is 25.8 Å². The summed E-state index contributed by atoms with van der Waals surface area (Å²) >= 11 is 0. The van der Waals surface area contributed by atoms with Crippen molar-refractivity contribution >= 4 is 17.4 Å². The van der Waals surface area contributed by atoms with Gasteiger partial charge >= 0.3 is 0 Å². The Labute approximate surface area is 198 Å². The van der Waals surface area contributed by atoms with Crippen molar-refractivity contribution < 1.29 is 23.8 Å². The fourth-order valence-electron chi connectivity index (χ4n) is 4.13. The van der Waals surface area contributed by atoms with Gasteiger partial charge in [-0.3, -0.25) is 9.59 Å². The molecular formula is C28H26FNO4. The van der Waals surface area contributed by atoms with Crippen molar-refractivity contribution in [2.24, 2.45) is 0 Å². The Kier molecular flexibility index (Phi) is 7.07. The maximum atomic E-state index is 14.9. The van der Waals surface area contributed by atoms with Crippen LogP contribution in [0.1, 0.15) is 36.1 Å². The van der Waals surface area contributed by atoms with Gasteiger partial charge in [0.2, 0.25) is 0 Å². The lowest BCUT2D eigenvalue weighted by Crippen LogP contribution is -2.32. The number of halogens is 1. The molecule has 6 heteroatoms. The van der Waals surface area contributed by atoms with Crippen LogP contribution in [0, 0.1) is 5.82 Å². The molecule has 4 rings (SSSR count). The van der Waals surface area contributed by atoms with Gasteiger partial charge in [0.1, 0.15) is 17.3 Å². The number of aliphatic hydroxyl groups is 1. The first-order valence-corrected chi connectivity index (χ1v) is 11.3. The molecule has 0 saturated carbocycles. The van der Waals surface area contributed by atoms with E-state index < -0.39 is 23.5 Å². The average molecular weight is 460 g/mol. The monoisotopic (exact) mass is 459 g/mol. The number of hydrogen-bond donors (Lipinski definition) is 1. The van der Waals surface area contributed by atoms with Gasteiger partial charge in [-0.1, -0.05) is 67.6 Å². The Morgan fingerprint density at radius 1 is 1.00 bits per heavy atom. The van der Waals surface area contributed by atoms with Crippen LogP contribution in [-0.2, 0) is 16.0 Å². The molecule has 1 N–H and O–H groups in total. The van der Waals surface area contributed by atoms with E-state index in [0.29, 0.717) is 24.3 Å². The molecule has 1 saturated heterocycles. The molecule has 3 aromatic rings. The highest BCUT2D eigenvalue weighted by atomic mass is 19.1. The van der Waals surface area contributed by atoms with E-state index in [9.17, 15) is 19.1 Å². The van der Waals surface area contributed by atoms with Crippen molar-refractivity contribution in [3.8, 4) is 5.75 Å². The Hall–Kier alpha value is -3.93. The quantitative estimate of drug-likeness (QED) is 0.283. The molecule has 5 nitrogen and oxygen atoms in total. The minimum Gasteiger partial charge on any atom is -0.507 e. The highest BCUT2D eigenvalue weighted by Gasteiger charge is 2.46. The summed E-state index contributed by atoms with van der Waals surface area (Å²) in [6.07, 6.45) is 1.30. The fourth-order valence-corrected chi connectivity index (χ4v) is 4.13. The van der Waals surface area contributed by atoms with Crippen LogP contribution in [0.4, 0.5) is 4.39 Å². The van der Waals surface area contributed by atoms with Gasteiger partial charge < -0.3 is 14.7 Å². The van der Waals surface area contributed by atoms with E-state index in [1.54, 1.807) is 36.4 Å². The normalized spacial score (nSPS) is 17.2. The minimum absolute atomic E-state index is 0.129. The zero-order chi connectivity index (χ0) is 24.1. The number of carbonyl (C=O) groups excluding carboxylic acids is 2. The number of benzene rings is 3. The molecule has 0 aromatic heterocycles. The number of ketones is 1. The number of hydrogen-bond acceptors (Lipinski definition) is 4. The molecule has 0 spiro atoms. The first kappa shape index (κ1) is 23.2. The molecule has 1 heterocycles. The summed E-state index contributed by atoms with van der Waals surface area (Å²) in [5, 5.41) is 11.2. The SMILES string of the molecule is CCCOc1cccc(C(O)=C2C(=O)C(=O)N(CCc3ccccc3)C2c2ccccc2F)c1. The zero-order valence-corrected chi connectivity index (χ0v) is 18.9. The van der Waals surface area contributed by atoms with E-state index in [4.69, 9.17) is 4.74 Å². The third kappa shape index (κ3) is 4.71. The van der Waals surface area contributed by atoms with Crippen molar-refractivity contribution in [3.05, 3.63) is 107 Å². The maximum absolute atomic E-state index is 14.9. The molecule has 0 bridgehead atoms. The van der Waals surface area contributed by atoms with Gasteiger partial charge in [0.15, 0.2) is 0 Å². The summed E-state index contributed by atoms with van der Waals surface area (Å²) in [6, 6.07) is 21.2. The average Bonchev–Trinajstić information content (AvgIpc) is 3.11. The maximum Gasteiger partial charge on any atom is 0.295 e. The fraction of sp³-hybridized carbons (Fsp3) is 0.214. The minimum atomic E-state index is -1.04. The van der Waals surface area contributed by atoms with Crippen molar-refractivity contribution in [1.29, 1.82) is 0 Å². The Bertz CT molecular complexity index is 1220. The van der Waals surface area contributed by atoms with Crippen molar-refractivity contribution in [2.75, 3.05) is 13.2 Å². The lowest BCUT2D eigenvalue weighted by Gasteiger charge is -2.25. The number of amides is 1. The highest BCUT2D eigenvalue weighted by molar-refractivity contribution is 6.46. The molecule has 174 valence electrons. The van der Waals surface area contributed by atoms with E-state index in [-0.39, 0.29) is 23.4 Å². The van der Waals surface area contributed by atoms with E-state index in [1.807, 2.05) is 37.3 Å². The van der Waals surface area contributed by atoms with Crippen LogP contribution in [0.15, 0.2) is 84.4 Å². The second-order valence-corrected chi connectivity index (χ2v) is 8.13. The van der Waals surface area contributed by atoms with Gasteiger partial charge in [0, 0.05) is 17.7 Å². The molecule has 34 heavy (non-hydrogen) atoms. The first-order chi connectivity index (χ1) is 16.5. The van der Waals surface area contributed by atoms with Crippen LogP contribution in [0.2, 0.25) is 0 Å². The zero-order valence-electron chi connectivity index (χ0n) is 18.9. The lowest BCUT2D eigenvalue weighted by molar-refractivity contribution is -0.139. The predicted octanol–water partition coefficient (Wildman–Crippen LogP) is 5.28. The second-order valence-electron chi connectivity index (χ2n) is 8.13. The molecule has 1 atom stereocenters. The Morgan fingerprint density at radius 2 is 1.74 bits per heavy atom. The Morgan fingerprint density at radius 3 is 2.47 bits per heavy atom. The van der Waals surface area contributed by atoms with E-state index in [1.165, 1.54) is 17.0 Å². The second kappa shape index (κ2) is 10.3. The third-order valence-corrected chi connectivity index (χ3v) is 5.80. The van der Waals surface area contributed by atoms with Gasteiger partial charge in [-0.25, -0.2) is 4.39 Å². The summed E-state index contributed by atoms with van der Waals surface area (Å²) in [6.45, 7) is 2.68. The first-order valence-electron chi connectivity index (χ1n) is 11.3. The number of rotatable bonds is 8. The summed E-state index contributed by atoms with van der Waals surface area (Å²) < 4.78 is 20.5. The molecule has 0 radical (unpaired) electrons. The van der Waals surface area contributed by atoms with Crippen molar-refractivity contribution in [1.82, 2.24) is 4.90 Å². The highest BCUT2D eigenvalue weighted by Crippen LogP contribution is 2.40. The number of nitrogens with zero attached hydrogens (tertiary/aromatic N) is 1. The summed E-state index contributed by atoms with van der Waals surface area (Å²) in [5.74, 6) is -1.96. The van der Waals surface area contributed by atoms with E-state index in [2.05, 4.69) is 0 Å². The number of ether oxygens (including phenoxy) is 1. The Balaban J connectivity index is 1.78. The van der Waals surface area contributed by atoms with Gasteiger partial charge in [0.05, 0.1) is 18.2 Å². The van der Waals surface area contributed by atoms with Crippen LogP contribution in [-0.4, -0.2) is 34.8 Å². The molecule has 3 aromatic carbocycles. The van der Waals surface area contributed by atoms with Gasteiger partial charge in [-0.15, -0.1) is 0 Å². The van der Waals surface area contributed by atoms with E-state index >= 15 is 0 Å². The topological polar surface area (TPSA) is 66.8 Å². The number of carbonyl (C=O) groups is 2. The van der Waals surface area contributed by atoms with Crippen LogP contribution < -0.4 is 4.74 Å². The molecule has 1 amide bonds. The summed E-state index contributed by atoms with van der Waals surface area (Å²) in [5.41, 5.74) is 1.35. The standard InChI is InChI=1S/C28H26FNO4/c1-2-17-34-21-12-8-11-20(18-21)26(31)24-25(22-13-6-7-14-23(22)29)30(28(33)27(24)32)16-15-19-9-4-3-5-10-19/h3-14,18,25,31H,2,15-17H2,1H3. The smallest absolute Gasteiger partial charge is 0.295 e. The molecule has 1 unspecified atom stereocenters. The third-order valence-electron chi connectivity index (χ3n) is 5.80. The predicted molar refractivity (Wildman–Crippen MR) is 128 cm³/mol. The molecular weight excluding hydrogens is 433 g/mol. The van der Waals surface area contributed by atoms with Crippen LogP contribution in [0.25, 0.3) is 5.76 Å². The number of likely N-dealkylation sites (tertiary alicyclic amines) is 1. The number of Topliss-reactive ketones (excluding diaryl/α,β-unsaturated/α-hetero) is 1. The van der Waals surface area contributed by atoms with Crippen LogP contribution >= 0.6 is 0 Å². The molecule has 0 aliphatic carbocycles. The molecule has 1 aliphatic rings.